The highest BCUT2D eigenvalue weighted by Crippen LogP contribution is 2.32. The molecule has 0 fully saturated rings. The van der Waals surface area contributed by atoms with Gasteiger partial charge in [-0.2, -0.15) is 5.90 Å². The Kier molecular flexibility index (Phi) is 6.97. The maximum Gasteiger partial charge on any atom is 0.415 e. The molecule has 0 aliphatic rings. The number of nitrogens with zero attached hydrogens (tertiary/aromatic N) is 2. The monoisotopic (exact) mass is 377 g/mol. The molecule has 0 bridgehead atoms. The SMILES string of the molecule is COCN(C(=O)OC)c1ccccc1/C(ON)=C(/C)c1ccc(Cl)cn1. The number of halogens is 1. The molecular formula is C18H20ClN3O4. The van der Waals surface area contributed by atoms with Crippen LogP contribution in [-0.2, 0) is 14.3 Å². The first-order valence-electron chi connectivity index (χ1n) is 7.66. The van der Waals surface area contributed by atoms with E-state index in [-0.39, 0.29) is 6.73 Å². The molecule has 0 saturated heterocycles. The Bertz CT molecular complexity index is 793. The van der Waals surface area contributed by atoms with Gasteiger partial charge in [-0.25, -0.2) is 4.79 Å². The summed E-state index contributed by atoms with van der Waals surface area (Å²) >= 11 is 5.89. The molecule has 2 aromatic rings. The molecule has 7 nitrogen and oxygen atoms in total. The highest BCUT2D eigenvalue weighted by atomic mass is 35.5. The molecule has 138 valence electrons. The van der Waals surface area contributed by atoms with E-state index in [4.69, 9.17) is 31.8 Å². The second kappa shape index (κ2) is 9.19. The number of ether oxygens (including phenoxy) is 2. The summed E-state index contributed by atoms with van der Waals surface area (Å²) in [5.41, 5.74) is 2.43. The van der Waals surface area contributed by atoms with Crippen LogP contribution in [0.25, 0.3) is 11.3 Å². The normalized spacial score (nSPS) is 11.6. The zero-order valence-electron chi connectivity index (χ0n) is 14.7. The van der Waals surface area contributed by atoms with Gasteiger partial charge in [-0.1, -0.05) is 23.7 Å². The number of rotatable bonds is 6. The standard InChI is InChI=1S/C18H20ClN3O4/c1-12(15-9-8-13(19)10-21-15)17(26-20)14-6-4-5-7-16(14)22(11-24-2)18(23)25-3/h4-10H,11,20H2,1-3H3/b17-12+. The third-order valence-electron chi connectivity index (χ3n) is 3.66. The number of methoxy groups -OCH3 is 2. The van der Waals surface area contributed by atoms with Gasteiger partial charge in [0.1, 0.15) is 6.73 Å². The van der Waals surface area contributed by atoms with E-state index in [9.17, 15) is 4.79 Å². The number of benzene rings is 1. The van der Waals surface area contributed by atoms with E-state index in [1.54, 1.807) is 30.3 Å². The predicted octanol–water partition coefficient (Wildman–Crippen LogP) is 3.69. The van der Waals surface area contributed by atoms with Crippen molar-refractivity contribution in [3.05, 3.63) is 58.9 Å². The van der Waals surface area contributed by atoms with E-state index >= 15 is 0 Å². The fourth-order valence-corrected chi connectivity index (χ4v) is 2.54. The first-order valence-corrected chi connectivity index (χ1v) is 8.04. The largest absolute Gasteiger partial charge is 0.452 e. The van der Waals surface area contributed by atoms with Gasteiger partial charge in [0.05, 0.1) is 23.5 Å². The lowest BCUT2D eigenvalue weighted by atomic mass is 10.0. The summed E-state index contributed by atoms with van der Waals surface area (Å²) in [4.78, 5) is 22.9. The van der Waals surface area contributed by atoms with Crippen LogP contribution in [0, 0.1) is 0 Å². The number of allylic oxidation sites excluding steroid dienone is 1. The van der Waals surface area contributed by atoms with Crippen molar-refractivity contribution in [2.24, 2.45) is 5.90 Å². The van der Waals surface area contributed by atoms with Crippen molar-refractivity contribution in [3.8, 4) is 0 Å². The summed E-state index contributed by atoms with van der Waals surface area (Å²) in [6.07, 6.45) is 0.962. The number of carbonyl (C=O) groups excluding carboxylic acids is 1. The first-order chi connectivity index (χ1) is 12.5. The lowest BCUT2D eigenvalue weighted by Crippen LogP contribution is -2.33. The molecule has 0 atom stereocenters. The second-order valence-corrected chi connectivity index (χ2v) is 5.70. The molecule has 1 aromatic heterocycles. The number of anilines is 1. The molecule has 0 unspecified atom stereocenters. The van der Waals surface area contributed by atoms with Gasteiger partial charge in [0.2, 0.25) is 0 Å². The quantitative estimate of drug-likeness (QED) is 0.469. The van der Waals surface area contributed by atoms with Crippen LogP contribution in [-0.4, -0.2) is 32.0 Å². The minimum Gasteiger partial charge on any atom is -0.452 e. The molecule has 0 aliphatic carbocycles. The number of hydrogen-bond donors (Lipinski definition) is 1. The molecule has 0 radical (unpaired) electrons. The zero-order chi connectivity index (χ0) is 19.1. The van der Waals surface area contributed by atoms with Crippen molar-refractivity contribution in [3.63, 3.8) is 0 Å². The third kappa shape index (κ3) is 4.32. The van der Waals surface area contributed by atoms with E-state index in [1.807, 2.05) is 13.0 Å². The summed E-state index contributed by atoms with van der Waals surface area (Å²) in [5, 5.41) is 0.522. The minimum absolute atomic E-state index is 0.000218. The van der Waals surface area contributed by atoms with Crippen molar-refractivity contribution in [2.45, 2.75) is 6.92 Å². The minimum atomic E-state index is -0.571. The number of carbonyl (C=O) groups is 1. The maximum absolute atomic E-state index is 12.2. The van der Waals surface area contributed by atoms with Crippen LogP contribution >= 0.6 is 11.6 Å². The summed E-state index contributed by atoms with van der Waals surface area (Å²) in [7, 11) is 2.78. The maximum atomic E-state index is 12.2. The second-order valence-electron chi connectivity index (χ2n) is 5.27. The Balaban J connectivity index is 2.59. The van der Waals surface area contributed by atoms with Crippen LogP contribution in [0.15, 0.2) is 42.6 Å². The van der Waals surface area contributed by atoms with E-state index in [1.165, 1.54) is 25.3 Å². The van der Waals surface area contributed by atoms with Crippen molar-refractivity contribution >= 4 is 34.7 Å². The van der Waals surface area contributed by atoms with Crippen LogP contribution in [0.5, 0.6) is 0 Å². The van der Waals surface area contributed by atoms with Crippen molar-refractivity contribution in [2.75, 3.05) is 25.9 Å². The average molecular weight is 378 g/mol. The van der Waals surface area contributed by atoms with Crippen LogP contribution in [0.4, 0.5) is 10.5 Å². The first kappa shape index (κ1) is 19.7. The molecule has 1 amide bonds. The van der Waals surface area contributed by atoms with Gasteiger partial charge >= 0.3 is 6.09 Å². The summed E-state index contributed by atoms with van der Waals surface area (Å²) in [6.45, 7) is 1.81. The number of pyridine rings is 1. The van der Waals surface area contributed by atoms with Crippen molar-refractivity contribution in [1.82, 2.24) is 4.98 Å². The number of nitrogens with two attached hydrogens (primary N) is 1. The number of amides is 1. The van der Waals surface area contributed by atoms with E-state index in [0.717, 1.165) is 0 Å². The molecule has 26 heavy (non-hydrogen) atoms. The van der Waals surface area contributed by atoms with Crippen LogP contribution in [0.3, 0.4) is 0 Å². The highest BCUT2D eigenvalue weighted by molar-refractivity contribution is 6.30. The molecule has 2 rings (SSSR count). The van der Waals surface area contributed by atoms with Gasteiger partial charge < -0.3 is 14.3 Å². The lowest BCUT2D eigenvalue weighted by Gasteiger charge is -2.23. The number of aromatic nitrogens is 1. The van der Waals surface area contributed by atoms with Crippen molar-refractivity contribution < 1.29 is 19.1 Å². The number of hydrogen-bond acceptors (Lipinski definition) is 6. The van der Waals surface area contributed by atoms with Crippen LogP contribution in [0.2, 0.25) is 5.02 Å². The number of para-hydroxylation sites is 1. The Morgan fingerprint density at radius 3 is 2.54 bits per heavy atom. The fraction of sp³-hybridized carbons (Fsp3) is 0.222. The van der Waals surface area contributed by atoms with Gasteiger partial charge in [-0.05, 0) is 31.2 Å². The van der Waals surface area contributed by atoms with Gasteiger partial charge in [0.25, 0.3) is 0 Å². The highest BCUT2D eigenvalue weighted by Gasteiger charge is 2.22. The molecule has 1 heterocycles. The lowest BCUT2D eigenvalue weighted by molar-refractivity contribution is 0.153. The molecule has 8 heteroatoms. The van der Waals surface area contributed by atoms with Gasteiger partial charge in [0.15, 0.2) is 5.76 Å². The van der Waals surface area contributed by atoms with Crippen LogP contribution < -0.4 is 10.8 Å². The Morgan fingerprint density at radius 2 is 1.96 bits per heavy atom. The average Bonchev–Trinajstić information content (AvgIpc) is 2.67. The zero-order valence-corrected chi connectivity index (χ0v) is 15.5. The molecule has 2 N–H and O–H groups in total. The van der Waals surface area contributed by atoms with E-state index in [0.29, 0.717) is 33.3 Å². The van der Waals surface area contributed by atoms with E-state index in [2.05, 4.69) is 4.98 Å². The molecule has 0 saturated carbocycles. The summed E-state index contributed by atoms with van der Waals surface area (Å²) in [6, 6.07) is 10.6. The molecule has 0 spiro atoms. The molecule has 1 aromatic carbocycles. The Hall–Kier alpha value is -2.61. The molecule has 0 aliphatic heterocycles. The molecular weight excluding hydrogens is 358 g/mol. The van der Waals surface area contributed by atoms with Gasteiger partial charge in [-0.3, -0.25) is 9.88 Å². The van der Waals surface area contributed by atoms with Gasteiger partial charge in [0, 0.05) is 24.4 Å². The fourth-order valence-electron chi connectivity index (χ4n) is 2.43. The summed E-state index contributed by atoms with van der Waals surface area (Å²) < 4.78 is 9.96. The van der Waals surface area contributed by atoms with Crippen LogP contribution in [0.1, 0.15) is 18.2 Å². The van der Waals surface area contributed by atoms with Gasteiger partial charge in [-0.15, -0.1) is 0 Å². The van der Waals surface area contributed by atoms with Crippen molar-refractivity contribution in [1.29, 1.82) is 0 Å². The Labute approximate surface area is 156 Å². The third-order valence-corrected chi connectivity index (χ3v) is 3.89. The summed E-state index contributed by atoms with van der Waals surface area (Å²) in [5.74, 6) is 5.91. The van der Waals surface area contributed by atoms with E-state index < -0.39 is 6.09 Å². The smallest absolute Gasteiger partial charge is 0.415 e. The topological polar surface area (TPSA) is 86.9 Å². The predicted molar refractivity (Wildman–Crippen MR) is 100 cm³/mol. The Morgan fingerprint density at radius 1 is 1.23 bits per heavy atom.